The molecular weight excluding hydrogens is 277 g/mol. The van der Waals surface area contributed by atoms with Crippen molar-refractivity contribution in [2.75, 3.05) is 18.0 Å². The van der Waals surface area contributed by atoms with Crippen molar-refractivity contribution in [1.82, 2.24) is 4.98 Å². The molecule has 0 radical (unpaired) electrons. The van der Waals surface area contributed by atoms with Crippen molar-refractivity contribution in [3.63, 3.8) is 0 Å². The zero-order valence-corrected chi connectivity index (χ0v) is 14.0. The minimum absolute atomic E-state index is 0.332. The SMILES string of the molecule is CC1(C)OB(c2ccc(N3CCC(N)CC3)cn2)OC1(C)C. The van der Waals surface area contributed by atoms with Crippen LogP contribution in [0.15, 0.2) is 18.3 Å². The number of hydrogen-bond acceptors (Lipinski definition) is 5. The van der Waals surface area contributed by atoms with E-state index in [0.29, 0.717) is 6.04 Å². The number of pyridine rings is 1. The molecule has 3 rings (SSSR count). The zero-order valence-electron chi connectivity index (χ0n) is 14.0. The predicted molar refractivity (Wildman–Crippen MR) is 89.4 cm³/mol. The maximum atomic E-state index is 6.03. The molecule has 1 aromatic heterocycles. The molecular formula is C16H26BN3O2. The van der Waals surface area contributed by atoms with Gasteiger partial charge in [-0.25, -0.2) is 0 Å². The molecule has 1 aromatic rings. The molecule has 2 N–H and O–H groups in total. The van der Waals surface area contributed by atoms with Crippen LogP contribution in [0.1, 0.15) is 40.5 Å². The standard InChI is InChI=1S/C16H26BN3O2/c1-15(2)16(3,4)22-17(21-15)14-6-5-13(11-19-14)20-9-7-12(18)8-10-20/h5-6,11-12H,7-10,18H2,1-4H3. The summed E-state index contributed by atoms with van der Waals surface area (Å²) in [6, 6.07) is 4.45. The van der Waals surface area contributed by atoms with Crippen LogP contribution in [0, 0.1) is 0 Å². The first-order valence-electron chi connectivity index (χ1n) is 8.11. The highest BCUT2D eigenvalue weighted by Crippen LogP contribution is 2.36. The summed E-state index contributed by atoms with van der Waals surface area (Å²) in [5.74, 6) is 0. The fourth-order valence-electron chi connectivity index (χ4n) is 2.85. The molecule has 2 aliphatic heterocycles. The van der Waals surface area contributed by atoms with Crippen LogP contribution < -0.4 is 16.2 Å². The second-order valence-corrected chi connectivity index (χ2v) is 7.35. The fraction of sp³-hybridized carbons (Fsp3) is 0.688. The summed E-state index contributed by atoms with van der Waals surface area (Å²) < 4.78 is 12.1. The summed E-state index contributed by atoms with van der Waals surface area (Å²) in [5, 5.41) is 0. The Morgan fingerprint density at radius 2 is 1.73 bits per heavy atom. The maximum absolute atomic E-state index is 6.03. The Morgan fingerprint density at radius 1 is 1.14 bits per heavy atom. The van der Waals surface area contributed by atoms with Gasteiger partial charge in [-0.1, -0.05) is 0 Å². The second kappa shape index (κ2) is 5.51. The van der Waals surface area contributed by atoms with Crippen LogP contribution >= 0.6 is 0 Å². The lowest BCUT2D eigenvalue weighted by Gasteiger charge is -2.32. The van der Waals surface area contributed by atoms with Crippen LogP contribution in [0.25, 0.3) is 0 Å². The molecule has 2 saturated heterocycles. The van der Waals surface area contributed by atoms with Gasteiger partial charge in [0.2, 0.25) is 0 Å². The third-order valence-corrected chi connectivity index (χ3v) is 5.17. The number of nitrogens with zero attached hydrogens (tertiary/aromatic N) is 2. The minimum atomic E-state index is -0.395. The highest BCUT2D eigenvalue weighted by molar-refractivity contribution is 6.61. The van der Waals surface area contributed by atoms with E-state index >= 15 is 0 Å². The Labute approximate surface area is 133 Å². The molecule has 0 saturated carbocycles. The molecule has 3 heterocycles. The largest absolute Gasteiger partial charge is 0.514 e. The predicted octanol–water partition coefficient (Wildman–Crippen LogP) is 1.31. The highest BCUT2D eigenvalue weighted by atomic mass is 16.7. The number of hydrogen-bond donors (Lipinski definition) is 1. The van der Waals surface area contributed by atoms with Gasteiger partial charge < -0.3 is 19.9 Å². The molecule has 22 heavy (non-hydrogen) atoms. The van der Waals surface area contributed by atoms with Crippen LogP contribution in [-0.4, -0.2) is 42.4 Å². The first kappa shape index (κ1) is 15.8. The van der Waals surface area contributed by atoms with E-state index in [4.69, 9.17) is 15.0 Å². The van der Waals surface area contributed by atoms with Gasteiger partial charge >= 0.3 is 7.12 Å². The number of piperidine rings is 1. The Morgan fingerprint density at radius 3 is 2.23 bits per heavy atom. The Hall–Kier alpha value is -1.11. The zero-order chi connectivity index (χ0) is 16.0. The summed E-state index contributed by atoms with van der Waals surface area (Å²) in [4.78, 5) is 6.90. The average Bonchev–Trinajstić information content (AvgIpc) is 2.68. The first-order chi connectivity index (χ1) is 10.3. The van der Waals surface area contributed by atoms with Crippen molar-refractivity contribution in [1.29, 1.82) is 0 Å². The fourth-order valence-corrected chi connectivity index (χ4v) is 2.85. The third kappa shape index (κ3) is 2.87. The molecule has 0 amide bonds. The number of rotatable bonds is 2. The van der Waals surface area contributed by atoms with E-state index in [-0.39, 0.29) is 11.2 Å². The van der Waals surface area contributed by atoms with Gasteiger partial charge in [-0.05, 0) is 52.7 Å². The summed E-state index contributed by atoms with van der Waals surface area (Å²) >= 11 is 0. The van der Waals surface area contributed by atoms with Crippen LogP contribution in [0.5, 0.6) is 0 Å². The van der Waals surface area contributed by atoms with Crippen molar-refractivity contribution in [3.8, 4) is 0 Å². The molecule has 0 aromatic carbocycles. The monoisotopic (exact) mass is 303 g/mol. The summed E-state index contributed by atoms with van der Waals surface area (Å²) in [5.41, 5.74) is 7.27. The number of aromatic nitrogens is 1. The van der Waals surface area contributed by atoms with Gasteiger partial charge in [0.25, 0.3) is 0 Å². The minimum Gasteiger partial charge on any atom is -0.398 e. The summed E-state index contributed by atoms with van der Waals surface area (Å²) in [6.45, 7) is 10.2. The molecule has 2 fully saturated rings. The quantitative estimate of drug-likeness (QED) is 0.835. The second-order valence-electron chi connectivity index (χ2n) is 7.35. The molecule has 6 heteroatoms. The van der Waals surface area contributed by atoms with Crippen LogP contribution in [0.3, 0.4) is 0 Å². The summed E-state index contributed by atoms with van der Waals surface area (Å²) in [7, 11) is -0.395. The molecule has 0 spiro atoms. The average molecular weight is 303 g/mol. The summed E-state index contributed by atoms with van der Waals surface area (Å²) in [6.07, 6.45) is 4.00. The van der Waals surface area contributed by atoms with Gasteiger partial charge in [-0.2, -0.15) is 0 Å². The van der Waals surface area contributed by atoms with Crippen molar-refractivity contribution < 1.29 is 9.31 Å². The van der Waals surface area contributed by atoms with E-state index in [2.05, 4.69) is 43.6 Å². The van der Waals surface area contributed by atoms with E-state index in [1.54, 1.807) is 0 Å². The van der Waals surface area contributed by atoms with E-state index in [9.17, 15) is 0 Å². The Bertz CT molecular complexity index is 509. The van der Waals surface area contributed by atoms with Gasteiger partial charge in [0, 0.05) is 25.3 Å². The van der Waals surface area contributed by atoms with Gasteiger partial charge in [0.15, 0.2) is 0 Å². The van der Waals surface area contributed by atoms with Crippen LogP contribution in [0.2, 0.25) is 0 Å². The van der Waals surface area contributed by atoms with E-state index in [0.717, 1.165) is 37.2 Å². The van der Waals surface area contributed by atoms with Gasteiger partial charge in [-0.3, -0.25) is 4.98 Å². The van der Waals surface area contributed by atoms with Crippen LogP contribution in [0.4, 0.5) is 5.69 Å². The first-order valence-corrected chi connectivity index (χ1v) is 8.11. The lowest BCUT2D eigenvalue weighted by molar-refractivity contribution is 0.00578. The number of anilines is 1. The number of nitrogens with two attached hydrogens (primary N) is 1. The molecule has 0 atom stereocenters. The lowest BCUT2D eigenvalue weighted by Crippen LogP contribution is -2.41. The van der Waals surface area contributed by atoms with Crippen molar-refractivity contribution in [3.05, 3.63) is 18.3 Å². The normalized spacial score (nSPS) is 24.8. The topological polar surface area (TPSA) is 60.6 Å². The van der Waals surface area contributed by atoms with E-state index < -0.39 is 7.12 Å². The maximum Gasteiger partial charge on any atom is 0.514 e. The smallest absolute Gasteiger partial charge is 0.398 e. The lowest BCUT2D eigenvalue weighted by atomic mass is 9.84. The molecule has 0 bridgehead atoms. The van der Waals surface area contributed by atoms with Gasteiger partial charge in [0.05, 0.1) is 22.5 Å². The van der Waals surface area contributed by atoms with Crippen LogP contribution in [-0.2, 0) is 9.31 Å². The molecule has 5 nitrogen and oxygen atoms in total. The van der Waals surface area contributed by atoms with E-state index in [1.807, 2.05) is 12.3 Å². The molecule has 0 unspecified atom stereocenters. The van der Waals surface area contributed by atoms with E-state index in [1.165, 1.54) is 0 Å². The Kier molecular flexibility index (Phi) is 3.95. The van der Waals surface area contributed by atoms with Crippen molar-refractivity contribution >= 4 is 18.4 Å². The Balaban J connectivity index is 1.70. The molecule has 120 valence electrons. The molecule has 2 aliphatic rings. The van der Waals surface area contributed by atoms with Gasteiger partial charge in [0.1, 0.15) is 0 Å². The van der Waals surface area contributed by atoms with Crippen molar-refractivity contribution in [2.45, 2.75) is 57.8 Å². The van der Waals surface area contributed by atoms with Crippen molar-refractivity contribution in [2.24, 2.45) is 5.73 Å². The third-order valence-electron chi connectivity index (χ3n) is 5.17. The highest BCUT2D eigenvalue weighted by Gasteiger charge is 2.52. The van der Waals surface area contributed by atoms with Gasteiger partial charge in [-0.15, -0.1) is 0 Å². The molecule has 0 aliphatic carbocycles.